The van der Waals surface area contributed by atoms with Crippen LogP contribution in [-0.2, 0) is 12.8 Å². The smallest absolute Gasteiger partial charge is 0.186 e. The molecule has 2 rings (SSSR count). The monoisotopic (exact) mass is 297 g/mol. The quantitative estimate of drug-likeness (QED) is 0.506. The Morgan fingerprint density at radius 3 is 1.81 bits per heavy atom. The molecule has 0 aliphatic rings. The van der Waals surface area contributed by atoms with Crippen molar-refractivity contribution in [2.24, 2.45) is 5.10 Å². The lowest BCUT2D eigenvalue weighted by Crippen LogP contribution is -2.30. The molecule has 0 atom stereocenters. The van der Waals surface area contributed by atoms with E-state index in [-0.39, 0.29) is 0 Å². The van der Waals surface area contributed by atoms with Crippen molar-refractivity contribution in [2.75, 3.05) is 7.05 Å². The van der Waals surface area contributed by atoms with Crippen molar-refractivity contribution in [3.05, 3.63) is 71.8 Å². The number of hydrazone groups is 1. The Morgan fingerprint density at radius 1 is 0.905 bits per heavy atom. The lowest BCUT2D eigenvalue weighted by molar-refractivity contribution is 0.956. The van der Waals surface area contributed by atoms with Gasteiger partial charge >= 0.3 is 0 Å². The van der Waals surface area contributed by atoms with Crippen molar-refractivity contribution in [3.63, 3.8) is 0 Å². The van der Waals surface area contributed by atoms with E-state index in [1.54, 1.807) is 7.05 Å². The molecule has 0 unspecified atom stereocenters. The highest BCUT2D eigenvalue weighted by Gasteiger charge is 2.04. The molecule has 0 radical (unpaired) electrons. The van der Waals surface area contributed by atoms with Crippen LogP contribution in [0.1, 0.15) is 11.1 Å². The molecule has 0 bridgehead atoms. The summed E-state index contributed by atoms with van der Waals surface area (Å²) in [6.07, 6.45) is 1.60. The van der Waals surface area contributed by atoms with Crippen molar-refractivity contribution < 1.29 is 0 Å². The third-order valence-corrected chi connectivity index (χ3v) is 3.34. The van der Waals surface area contributed by atoms with Crippen LogP contribution in [0.2, 0.25) is 0 Å². The van der Waals surface area contributed by atoms with Crippen LogP contribution in [0.3, 0.4) is 0 Å². The molecule has 3 nitrogen and oxygen atoms in total. The molecule has 0 heterocycles. The highest BCUT2D eigenvalue weighted by atomic mass is 32.1. The van der Waals surface area contributed by atoms with Gasteiger partial charge in [0.15, 0.2) is 5.11 Å². The van der Waals surface area contributed by atoms with Crippen LogP contribution in [0.5, 0.6) is 0 Å². The normalized spacial score (nSPS) is 9.76. The minimum atomic E-state index is 0.522. The summed E-state index contributed by atoms with van der Waals surface area (Å²) in [7, 11) is 1.78. The van der Waals surface area contributed by atoms with Gasteiger partial charge < -0.3 is 5.32 Å². The number of hydrogen-bond acceptors (Lipinski definition) is 2. The molecular weight excluding hydrogens is 278 g/mol. The molecular formula is C17H19N3S. The van der Waals surface area contributed by atoms with Crippen LogP contribution in [-0.4, -0.2) is 17.9 Å². The first-order chi connectivity index (χ1) is 10.3. The predicted octanol–water partition coefficient (Wildman–Crippen LogP) is 2.92. The summed E-state index contributed by atoms with van der Waals surface area (Å²) in [6, 6.07) is 20.6. The third-order valence-electron chi connectivity index (χ3n) is 3.04. The Morgan fingerprint density at radius 2 is 1.38 bits per heavy atom. The van der Waals surface area contributed by atoms with Gasteiger partial charge in [-0.3, -0.25) is 5.43 Å². The number of nitrogens with one attached hydrogen (secondary N) is 2. The van der Waals surface area contributed by atoms with Gasteiger partial charge in [0, 0.05) is 25.6 Å². The Bertz CT molecular complexity index is 550. The molecule has 0 saturated carbocycles. The summed E-state index contributed by atoms with van der Waals surface area (Å²) in [5.74, 6) is 0. The summed E-state index contributed by atoms with van der Waals surface area (Å²) >= 11 is 5.07. The standard InChI is InChI=1S/C17H19N3S/c1-18-17(21)20-19-16(12-14-8-4-2-5-9-14)13-15-10-6-3-7-11-15/h2-11H,12-13H2,1H3,(H2,18,20,21). The fourth-order valence-electron chi connectivity index (χ4n) is 1.99. The molecule has 21 heavy (non-hydrogen) atoms. The van der Waals surface area contributed by atoms with Gasteiger partial charge in [0.25, 0.3) is 0 Å². The molecule has 2 aromatic carbocycles. The van der Waals surface area contributed by atoms with E-state index in [4.69, 9.17) is 12.2 Å². The lowest BCUT2D eigenvalue weighted by atomic mass is 10.0. The second kappa shape index (κ2) is 8.17. The maximum absolute atomic E-state index is 5.07. The van der Waals surface area contributed by atoms with Gasteiger partial charge in [0.2, 0.25) is 0 Å². The number of thiocarbonyl (C=S) groups is 1. The highest BCUT2D eigenvalue weighted by Crippen LogP contribution is 2.06. The molecule has 0 amide bonds. The van der Waals surface area contributed by atoms with Gasteiger partial charge in [0.1, 0.15) is 0 Å². The molecule has 0 saturated heterocycles. The van der Waals surface area contributed by atoms with Crippen molar-refractivity contribution in [1.29, 1.82) is 0 Å². The van der Waals surface area contributed by atoms with E-state index in [0.717, 1.165) is 18.6 Å². The minimum absolute atomic E-state index is 0.522. The Balaban J connectivity index is 2.12. The van der Waals surface area contributed by atoms with E-state index in [1.165, 1.54) is 11.1 Å². The number of hydrogen-bond donors (Lipinski definition) is 2. The fourth-order valence-corrected chi connectivity index (χ4v) is 2.04. The highest BCUT2D eigenvalue weighted by molar-refractivity contribution is 7.80. The van der Waals surface area contributed by atoms with Crippen molar-refractivity contribution in [2.45, 2.75) is 12.8 Å². The molecule has 0 aliphatic carbocycles. The largest absolute Gasteiger partial charge is 0.364 e. The van der Waals surface area contributed by atoms with Gasteiger partial charge in [-0.05, 0) is 23.3 Å². The Hall–Kier alpha value is -2.20. The van der Waals surface area contributed by atoms with Crippen molar-refractivity contribution in [1.82, 2.24) is 10.7 Å². The van der Waals surface area contributed by atoms with E-state index in [1.807, 2.05) is 36.4 Å². The van der Waals surface area contributed by atoms with Crippen LogP contribution >= 0.6 is 12.2 Å². The van der Waals surface area contributed by atoms with Gasteiger partial charge in [-0.25, -0.2) is 0 Å². The zero-order valence-electron chi connectivity index (χ0n) is 12.0. The molecule has 0 aliphatic heterocycles. The maximum Gasteiger partial charge on any atom is 0.186 e. The molecule has 0 fully saturated rings. The van der Waals surface area contributed by atoms with Crippen molar-refractivity contribution >= 4 is 23.0 Å². The lowest BCUT2D eigenvalue weighted by Gasteiger charge is -2.09. The van der Waals surface area contributed by atoms with Gasteiger partial charge in [-0.15, -0.1) is 0 Å². The fraction of sp³-hybridized carbons (Fsp3) is 0.176. The third kappa shape index (κ3) is 5.36. The summed E-state index contributed by atoms with van der Waals surface area (Å²) in [5, 5.41) is 7.83. The first-order valence-electron chi connectivity index (χ1n) is 6.89. The summed E-state index contributed by atoms with van der Waals surface area (Å²) in [5.41, 5.74) is 6.41. The van der Waals surface area contributed by atoms with Crippen LogP contribution in [0.25, 0.3) is 0 Å². The van der Waals surface area contributed by atoms with Crippen LogP contribution in [0, 0.1) is 0 Å². The molecule has 0 spiro atoms. The topological polar surface area (TPSA) is 36.4 Å². The molecule has 0 aromatic heterocycles. The number of rotatable bonds is 5. The van der Waals surface area contributed by atoms with E-state index in [9.17, 15) is 0 Å². The molecule has 2 aromatic rings. The van der Waals surface area contributed by atoms with Gasteiger partial charge in [-0.2, -0.15) is 5.10 Å². The molecule has 108 valence electrons. The zero-order valence-corrected chi connectivity index (χ0v) is 12.9. The van der Waals surface area contributed by atoms with E-state index < -0.39 is 0 Å². The molecule has 4 heteroatoms. The summed E-state index contributed by atoms with van der Waals surface area (Å²) in [4.78, 5) is 0. The van der Waals surface area contributed by atoms with Crippen LogP contribution < -0.4 is 10.7 Å². The SMILES string of the molecule is CNC(=S)NN=C(Cc1ccccc1)Cc1ccccc1. The van der Waals surface area contributed by atoms with Crippen molar-refractivity contribution in [3.8, 4) is 0 Å². The predicted molar refractivity (Wildman–Crippen MR) is 92.5 cm³/mol. The average molecular weight is 297 g/mol. The van der Waals surface area contributed by atoms with E-state index >= 15 is 0 Å². The second-order valence-electron chi connectivity index (χ2n) is 4.69. The number of benzene rings is 2. The zero-order chi connectivity index (χ0) is 14.9. The minimum Gasteiger partial charge on any atom is -0.364 e. The maximum atomic E-state index is 5.07. The number of nitrogens with zero attached hydrogens (tertiary/aromatic N) is 1. The van der Waals surface area contributed by atoms with Crippen LogP contribution in [0.4, 0.5) is 0 Å². The molecule has 2 N–H and O–H groups in total. The first-order valence-corrected chi connectivity index (χ1v) is 7.30. The Kier molecular flexibility index (Phi) is 5.91. The summed E-state index contributed by atoms with van der Waals surface area (Å²) in [6.45, 7) is 0. The van der Waals surface area contributed by atoms with Gasteiger partial charge in [-0.1, -0.05) is 60.7 Å². The van der Waals surface area contributed by atoms with E-state index in [2.05, 4.69) is 40.1 Å². The Labute approximate surface area is 131 Å². The first kappa shape index (κ1) is 15.2. The van der Waals surface area contributed by atoms with E-state index in [0.29, 0.717) is 5.11 Å². The van der Waals surface area contributed by atoms with Gasteiger partial charge in [0.05, 0.1) is 0 Å². The second-order valence-corrected chi connectivity index (χ2v) is 5.10. The summed E-state index contributed by atoms with van der Waals surface area (Å²) < 4.78 is 0. The van der Waals surface area contributed by atoms with Crippen LogP contribution in [0.15, 0.2) is 65.8 Å². The average Bonchev–Trinajstić information content (AvgIpc) is 2.54.